The molecule has 1 fully saturated rings. The predicted octanol–water partition coefficient (Wildman–Crippen LogP) is 6.06. The summed E-state index contributed by atoms with van der Waals surface area (Å²) in [6.45, 7) is 9.58. The Labute approximate surface area is 110 Å². The zero-order chi connectivity index (χ0) is 12.7. The number of rotatable bonds is 7. The SMILES string of the molecule is CCC1CCCCC1CC(C)CCCC(C)C. The Bertz CT molecular complexity index is 182. The summed E-state index contributed by atoms with van der Waals surface area (Å²) in [5.41, 5.74) is 0. The van der Waals surface area contributed by atoms with Gasteiger partial charge >= 0.3 is 0 Å². The Morgan fingerprint density at radius 1 is 0.941 bits per heavy atom. The lowest BCUT2D eigenvalue weighted by Crippen LogP contribution is -2.21. The summed E-state index contributed by atoms with van der Waals surface area (Å²) in [6, 6.07) is 0. The monoisotopic (exact) mass is 238 g/mol. The van der Waals surface area contributed by atoms with Crippen LogP contribution in [0.2, 0.25) is 0 Å². The van der Waals surface area contributed by atoms with E-state index in [0.717, 1.165) is 23.7 Å². The summed E-state index contributed by atoms with van der Waals surface area (Å²) in [5.74, 6) is 3.96. The molecule has 1 saturated carbocycles. The fourth-order valence-corrected chi connectivity index (χ4v) is 3.64. The van der Waals surface area contributed by atoms with Crippen molar-refractivity contribution < 1.29 is 0 Å². The fraction of sp³-hybridized carbons (Fsp3) is 1.00. The zero-order valence-corrected chi connectivity index (χ0v) is 12.7. The fourth-order valence-electron chi connectivity index (χ4n) is 3.64. The lowest BCUT2D eigenvalue weighted by molar-refractivity contribution is 0.190. The van der Waals surface area contributed by atoms with E-state index in [1.807, 2.05) is 0 Å². The van der Waals surface area contributed by atoms with Gasteiger partial charge in [0.25, 0.3) is 0 Å². The van der Waals surface area contributed by atoms with Crippen LogP contribution in [0.3, 0.4) is 0 Å². The molecule has 0 nitrogen and oxygen atoms in total. The molecule has 0 saturated heterocycles. The van der Waals surface area contributed by atoms with Gasteiger partial charge in [0, 0.05) is 0 Å². The molecule has 1 rings (SSSR count). The first kappa shape index (κ1) is 15.1. The van der Waals surface area contributed by atoms with Gasteiger partial charge < -0.3 is 0 Å². The molecule has 0 heterocycles. The molecule has 0 aliphatic heterocycles. The second-order valence-corrected chi connectivity index (χ2v) is 6.88. The van der Waals surface area contributed by atoms with Crippen molar-refractivity contribution >= 4 is 0 Å². The average Bonchev–Trinajstić information content (AvgIpc) is 2.29. The van der Waals surface area contributed by atoms with Gasteiger partial charge in [0.05, 0.1) is 0 Å². The van der Waals surface area contributed by atoms with Crippen LogP contribution in [0.25, 0.3) is 0 Å². The first-order valence-electron chi connectivity index (χ1n) is 8.13. The Morgan fingerprint density at radius 3 is 2.18 bits per heavy atom. The van der Waals surface area contributed by atoms with E-state index in [1.165, 1.54) is 57.8 Å². The smallest absolute Gasteiger partial charge is 0.0383 e. The standard InChI is InChI=1S/C17H34/c1-5-16-11-6-7-12-17(16)13-15(4)10-8-9-14(2)3/h14-17H,5-13H2,1-4H3. The van der Waals surface area contributed by atoms with Gasteiger partial charge in [-0.3, -0.25) is 0 Å². The van der Waals surface area contributed by atoms with Crippen LogP contribution in [0.1, 0.15) is 85.5 Å². The zero-order valence-electron chi connectivity index (χ0n) is 12.7. The van der Waals surface area contributed by atoms with Crippen molar-refractivity contribution in [2.24, 2.45) is 23.7 Å². The van der Waals surface area contributed by atoms with E-state index >= 15 is 0 Å². The maximum absolute atomic E-state index is 2.49. The molecule has 1 aliphatic carbocycles. The molecular weight excluding hydrogens is 204 g/mol. The third-order valence-electron chi connectivity index (χ3n) is 4.77. The average molecular weight is 238 g/mol. The van der Waals surface area contributed by atoms with Crippen LogP contribution in [-0.4, -0.2) is 0 Å². The molecule has 0 aromatic carbocycles. The van der Waals surface area contributed by atoms with Gasteiger partial charge in [0.15, 0.2) is 0 Å². The van der Waals surface area contributed by atoms with Crippen LogP contribution in [-0.2, 0) is 0 Å². The Balaban J connectivity index is 2.21. The molecule has 0 aromatic rings. The Hall–Kier alpha value is 0. The summed E-state index contributed by atoms with van der Waals surface area (Å²) in [6.07, 6.45) is 13.3. The Kier molecular flexibility index (Phi) is 7.23. The van der Waals surface area contributed by atoms with Crippen molar-refractivity contribution in [2.75, 3.05) is 0 Å². The lowest BCUT2D eigenvalue weighted by atomic mass is 9.73. The van der Waals surface area contributed by atoms with E-state index in [9.17, 15) is 0 Å². The van der Waals surface area contributed by atoms with Crippen LogP contribution in [0.5, 0.6) is 0 Å². The highest BCUT2D eigenvalue weighted by atomic mass is 14.3. The van der Waals surface area contributed by atoms with Gasteiger partial charge in [0.2, 0.25) is 0 Å². The Morgan fingerprint density at radius 2 is 1.59 bits per heavy atom. The molecule has 0 bridgehead atoms. The maximum atomic E-state index is 2.49. The third kappa shape index (κ3) is 5.93. The first-order chi connectivity index (χ1) is 8.13. The molecule has 0 aromatic heterocycles. The van der Waals surface area contributed by atoms with Gasteiger partial charge in [0.1, 0.15) is 0 Å². The number of hydrogen-bond donors (Lipinski definition) is 0. The highest BCUT2D eigenvalue weighted by molar-refractivity contribution is 4.76. The van der Waals surface area contributed by atoms with Crippen molar-refractivity contribution in [1.29, 1.82) is 0 Å². The van der Waals surface area contributed by atoms with Crippen LogP contribution in [0.4, 0.5) is 0 Å². The van der Waals surface area contributed by atoms with Gasteiger partial charge in [-0.15, -0.1) is 0 Å². The van der Waals surface area contributed by atoms with E-state index in [4.69, 9.17) is 0 Å². The van der Waals surface area contributed by atoms with Crippen LogP contribution in [0, 0.1) is 23.7 Å². The van der Waals surface area contributed by atoms with Gasteiger partial charge in [-0.1, -0.05) is 79.1 Å². The summed E-state index contributed by atoms with van der Waals surface area (Å²) >= 11 is 0. The molecule has 102 valence electrons. The van der Waals surface area contributed by atoms with Crippen LogP contribution in [0.15, 0.2) is 0 Å². The molecule has 3 atom stereocenters. The third-order valence-corrected chi connectivity index (χ3v) is 4.77. The highest BCUT2D eigenvalue weighted by Gasteiger charge is 2.24. The van der Waals surface area contributed by atoms with Crippen molar-refractivity contribution in [2.45, 2.75) is 85.5 Å². The molecule has 3 unspecified atom stereocenters. The van der Waals surface area contributed by atoms with Gasteiger partial charge in [-0.25, -0.2) is 0 Å². The topological polar surface area (TPSA) is 0 Å². The van der Waals surface area contributed by atoms with Crippen molar-refractivity contribution in [1.82, 2.24) is 0 Å². The minimum atomic E-state index is 0.889. The molecule has 0 amide bonds. The van der Waals surface area contributed by atoms with E-state index < -0.39 is 0 Å². The van der Waals surface area contributed by atoms with E-state index in [0.29, 0.717) is 0 Å². The molecule has 1 aliphatic rings. The number of hydrogen-bond acceptors (Lipinski definition) is 0. The predicted molar refractivity (Wildman–Crippen MR) is 78.2 cm³/mol. The minimum absolute atomic E-state index is 0.889. The summed E-state index contributed by atoms with van der Waals surface area (Å²) in [5, 5.41) is 0. The molecule has 17 heavy (non-hydrogen) atoms. The minimum Gasteiger partial charge on any atom is -0.0651 e. The van der Waals surface area contributed by atoms with Crippen molar-refractivity contribution in [3.05, 3.63) is 0 Å². The second kappa shape index (κ2) is 8.16. The second-order valence-electron chi connectivity index (χ2n) is 6.88. The normalized spacial score (nSPS) is 27.4. The van der Waals surface area contributed by atoms with Crippen molar-refractivity contribution in [3.63, 3.8) is 0 Å². The van der Waals surface area contributed by atoms with Gasteiger partial charge in [-0.2, -0.15) is 0 Å². The summed E-state index contributed by atoms with van der Waals surface area (Å²) < 4.78 is 0. The van der Waals surface area contributed by atoms with Crippen molar-refractivity contribution in [3.8, 4) is 0 Å². The maximum Gasteiger partial charge on any atom is -0.0383 e. The highest BCUT2D eigenvalue weighted by Crippen LogP contribution is 2.37. The van der Waals surface area contributed by atoms with E-state index in [2.05, 4.69) is 27.7 Å². The molecule has 0 heteroatoms. The molecular formula is C17H34. The molecule has 0 spiro atoms. The largest absolute Gasteiger partial charge is 0.0651 e. The lowest BCUT2D eigenvalue weighted by Gasteiger charge is -2.32. The van der Waals surface area contributed by atoms with E-state index in [-0.39, 0.29) is 0 Å². The molecule has 0 N–H and O–H groups in total. The van der Waals surface area contributed by atoms with E-state index in [1.54, 1.807) is 0 Å². The summed E-state index contributed by atoms with van der Waals surface area (Å²) in [4.78, 5) is 0. The quantitative estimate of drug-likeness (QED) is 0.506. The van der Waals surface area contributed by atoms with Crippen LogP contribution < -0.4 is 0 Å². The molecule has 0 radical (unpaired) electrons. The van der Waals surface area contributed by atoms with Gasteiger partial charge in [-0.05, 0) is 30.1 Å². The first-order valence-corrected chi connectivity index (χ1v) is 8.13. The summed E-state index contributed by atoms with van der Waals surface area (Å²) in [7, 11) is 0. The van der Waals surface area contributed by atoms with Crippen LogP contribution >= 0.6 is 0 Å².